The molecule has 216 valence electrons. The van der Waals surface area contributed by atoms with Crippen molar-refractivity contribution in [2.75, 3.05) is 6.54 Å². The number of alkyl carbamates (subject to hydrolysis) is 1. The van der Waals surface area contributed by atoms with E-state index in [1.165, 1.54) is 0 Å². The normalized spacial score (nSPS) is 20.0. The number of aromatic nitrogens is 1. The smallest absolute Gasteiger partial charge is 0.408 e. The van der Waals surface area contributed by atoms with E-state index in [9.17, 15) is 9.59 Å². The lowest BCUT2D eigenvalue weighted by atomic mass is 9.91. The van der Waals surface area contributed by atoms with Crippen molar-refractivity contribution < 1.29 is 14.3 Å². The highest BCUT2D eigenvalue weighted by Crippen LogP contribution is 2.29. The van der Waals surface area contributed by atoms with Crippen molar-refractivity contribution in [1.29, 1.82) is 0 Å². The molecule has 41 heavy (non-hydrogen) atoms. The third kappa shape index (κ3) is 6.87. The summed E-state index contributed by atoms with van der Waals surface area (Å²) in [4.78, 5) is 34.9. The van der Waals surface area contributed by atoms with Gasteiger partial charge in [-0.15, -0.1) is 0 Å². The minimum atomic E-state index is -0.823. The first kappa shape index (κ1) is 29.0. The van der Waals surface area contributed by atoms with Gasteiger partial charge in [-0.3, -0.25) is 4.79 Å². The molecule has 2 amide bonds. The van der Waals surface area contributed by atoms with Crippen LogP contribution in [0.3, 0.4) is 0 Å². The third-order valence-electron chi connectivity index (χ3n) is 7.56. The number of amides is 2. The van der Waals surface area contributed by atoms with E-state index in [4.69, 9.17) is 29.2 Å². The van der Waals surface area contributed by atoms with Crippen LogP contribution in [-0.4, -0.2) is 67.2 Å². The second-order valence-electron chi connectivity index (χ2n) is 11.7. The Balaban J connectivity index is 1.32. The summed E-state index contributed by atoms with van der Waals surface area (Å²) >= 11 is 11.8. The molecule has 3 heterocycles. The summed E-state index contributed by atoms with van der Waals surface area (Å²) in [7, 11) is 0. The topological polar surface area (TPSA) is 89.7 Å². The largest absolute Gasteiger partial charge is 0.444 e. The molecule has 1 aromatic heterocycles. The van der Waals surface area contributed by atoms with Gasteiger partial charge in [-0.25, -0.2) is 4.79 Å². The van der Waals surface area contributed by atoms with Crippen LogP contribution in [0.2, 0.25) is 0 Å². The van der Waals surface area contributed by atoms with E-state index in [2.05, 4.69) is 32.7 Å². The number of para-hydroxylation sites is 1. The number of ether oxygens (including phenoxy) is 1. The Morgan fingerprint density at radius 2 is 1.83 bits per heavy atom. The maximum Gasteiger partial charge on any atom is 0.408 e. The van der Waals surface area contributed by atoms with E-state index >= 15 is 0 Å². The maximum atomic E-state index is 13.8. The zero-order chi connectivity index (χ0) is 29.1. The molecule has 10 heteroatoms. The van der Waals surface area contributed by atoms with Crippen LogP contribution in [0, 0.1) is 0 Å². The summed E-state index contributed by atoms with van der Waals surface area (Å²) in [6.07, 6.45) is 3.91. The van der Waals surface area contributed by atoms with Gasteiger partial charge in [0.25, 0.3) is 0 Å². The lowest BCUT2D eigenvalue weighted by Crippen LogP contribution is -2.65. The fourth-order valence-corrected chi connectivity index (χ4v) is 6.43. The van der Waals surface area contributed by atoms with Gasteiger partial charge in [0, 0.05) is 42.5 Å². The van der Waals surface area contributed by atoms with Gasteiger partial charge < -0.3 is 30.2 Å². The second-order valence-corrected chi connectivity index (χ2v) is 12.6. The zero-order valence-electron chi connectivity index (χ0n) is 23.7. The molecule has 2 saturated heterocycles. The van der Waals surface area contributed by atoms with E-state index in [0.717, 1.165) is 46.4 Å². The van der Waals surface area contributed by atoms with Crippen LogP contribution in [0.4, 0.5) is 4.79 Å². The highest BCUT2D eigenvalue weighted by atomic mass is 32.1. The Bertz CT molecular complexity index is 1430. The van der Waals surface area contributed by atoms with E-state index in [0.29, 0.717) is 24.5 Å². The Labute approximate surface area is 251 Å². The van der Waals surface area contributed by atoms with Crippen molar-refractivity contribution in [2.45, 2.75) is 76.7 Å². The van der Waals surface area contributed by atoms with Gasteiger partial charge in [-0.05, 0) is 63.0 Å². The number of nitrogens with zero attached hydrogens (tertiary/aromatic N) is 2. The molecular weight excluding hydrogens is 555 g/mol. The van der Waals surface area contributed by atoms with Gasteiger partial charge in [0.2, 0.25) is 5.91 Å². The first-order valence-electron chi connectivity index (χ1n) is 14.1. The molecule has 2 aromatic carbocycles. The van der Waals surface area contributed by atoms with Crippen LogP contribution in [-0.2, 0) is 22.5 Å². The summed E-state index contributed by atoms with van der Waals surface area (Å²) in [5, 5.41) is 7.80. The number of carbonyl (C=O) groups is 2. The van der Waals surface area contributed by atoms with Crippen molar-refractivity contribution >= 4 is 57.4 Å². The van der Waals surface area contributed by atoms with Crippen LogP contribution in [0.15, 0.2) is 60.8 Å². The first-order valence-corrected chi connectivity index (χ1v) is 14.9. The van der Waals surface area contributed by atoms with Crippen molar-refractivity contribution in [3.8, 4) is 0 Å². The third-order valence-corrected chi connectivity index (χ3v) is 8.40. The number of hydrogen-bond donors (Lipinski definition) is 3. The van der Waals surface area contributed by atoms with Gasteiger partial charge in [-0.2, -0.15) is 0 Å². The van der Waals surface area contributed by atoms with Crippen LogP contribution in [0.5, 0.6) is 0 Å². The van der Waals surface area contributed by atoms with E-state index in [-0.39, 0.29) is 18.0 Å². The number of carbonyl (C=O) groups excluding carboxylic acids is 2. The van der Waals surface area contributed by atoms with Gasteiger partial charge in [0.15, 0.2) is 5.11 Å². The highest BCUT2D eigenvalue weighted by molar-refractivity contribution is 7.81. The van der Waals surface area contributed by atoms with Crippen LogP contribution in [0.1, 0.15) is 51.2 Å². The molecule has 0 aliphatic carbocycles. The van der Waals surface area contributed by atoms with Crippen molar-refractivity contribution in [2.24, 2.45) is 0 Å². The van der Waals surface area contributed by atoms with Crippen molar-refractivity contribution in [3.05, 3.63) is 71.9 Å². The number of H-pyrrole nitrogens is 1. The molecule has 0 saturated carbocycles. The second kappa shape index (κ2) is 12.2. The number of rotatable bonds is 7. The molecule has 8 nitrogen and oxygen atoms in total. The number of thiocarbonyl (C=S) groups is 2. The fraction of sp³-hybridized carbons (Fsp3) is 0.419. The number of nitrogens with one attached hydrogen (secondary N) is 3. The minimum Gasteiger partial charge on any atom is -0.444 e. The quantitative estimate of drug-likeness (QED) is 0.331. The molecule has 0 unspecified atom stereocenters. The molecule has 0 bridgehead atoms. The molecule has 2 fully saturated rings. The van der Waals surface area contributed by atoms with Gasteiger partial charge >= 0.3 is 6.09 Å². The lowest BCUT2D eigenvalue weighted by molar-refractivity contribution is -0.124. The Morgan fingerprint density at radius 1 is 1.10 bits per heavy atom. The lowest BCUT2D eigenvalue weighted by Gasteiger charge is -2.50. The predicted octanol–water partition coefficient (Wildman–Crippen LogP) is 5.07. The van der Waals surface area contributed by atoms with Crippen molar-refractivity contribution in [1.82, 2.24) is 25.4 Å². The summed E-state index contributed by atoms with van der Waals surface area (Å²) in [6.45, 7) is 6.85. The molecule has 2 aliphatic rings. The summed E-state index contributed by atoms with van der Waals surface area (Å²) in [5.41, 5.74) is 2.38. The van der Waals surface area contributed by atoms with Crippen LogP contribution in [0.25, 0.3) is 10.9 Å². The van der Waals surface area contributed by atoms with E-state index in [1.807, 2.05) is 53.6 Å². The highest BCUT2D eigenvalue weighted by Gasteiger charge is 2.41. The number of hydrogen-bond acceptors (Lipinski definition) is 5. The fourth-order valence-electron chi connectivity index (χ4n) is 5.65. The Morgan fingerprint density at radius 3 is 2.59 bits per heavy atom. The Kier molecular flexibility index (Phi) is 8.60. The van der Waals surface area contributed by atoms with E-state index < -0.39 is 17.7 Å². The number of fused-ring (bicyclic) bond motifs is 2. The summed E-state index contributed by atoms with van der Waals surface area (Å²) in [5.74, 6) is -0.253. The molecular formula is C31H37N5O3S2. The van der Waals surface area contributed by atoms with Crippen LogP contribution >= 0.6 is 24.4 Å². The van der Waals surface area contributed by atoms with Crippen molar-refractivity contribution in [3.63, 3.8) is 0 Å². The molecule has 3 atom stereocenters. The standard InChI is InChI=1S/C31H37N5O3S2/c1-31(2,3)39-29(38)34-25(16-21-18-32-23-13-8-7-12-22(21)23)28(37)33-24-14-9-15-35-26(24)17-27(40)36(30(35)41)19-20-10-5-4-6-11-20/h4-8,10-13,18,24-26,32H,9,14-17,19H2,1-3H3,(H,33,37)(H,34,38)/t24-,25-,26+/m0/s1. The number of benzene rings is 2. The molecule has 0 radical (unpaired) electrons. The number of aromatic amines is 1. The summed E-state index contributed by atoms with van der Waals surface area (Å²) in [6, 6.07) is 17.1. The van der Waals surface area contributed by atoms with Gasteiger partial charge in [-0.1, -0.05) is 60.7 Å². The molecule has 0 spiro atoms. The average Bonchev–Trinajstić information content (AvgIpc) is 3.33. The molecule has 5 rings (SSSR count). The molecule has 3 aromatic rings. The maximum absolute atomic E-state index is 13.8. The van der Waals surface area contributed by atoms with Gasteiger partial charge in [0.05, 0.1) is 17.6 Å². The SMILES string of the molecule is CC(C)(C)OC(=O)N[C@@H](Cc1c[nH]c2ccccc12)C(=O)N[C@H]1CCCN2C(=S)N(Cc3ccccc3)C(=S)C[C@H]12. The van der Waals surface area contributed by atoms with Gasteiger partial charge in [0.1, 0.15) is 11.6 Å². The molecule has 2 aliphatic heterocycles. The minimum absolute atomic E-state index is 0.0324. The average molecular weight is 592 g/mol. The number of piperidine rings is 1. The predicted molar refractivity (Wildman–Crippen MR) is 169 cm³/mol. The molecule has 3 N–H and O–H groups in total. The first-order chi connectivity index (χ1) is 19.6. The zero-order valence-corrected chi connectivity index (χ0v) is 25.3. The van der Waals surface area contributed by atoms with E-state index in [1.54, 1.807) is 20.8 Å². The van der Waals surface area contributed by atoms with Crippen LogP contribution < -0.4 is 10.6 Å². The Hall–Kier alpha value is -3.50. The monoisotopic (exact) mass is 591 g/mol. The summed E-state index contributed by atoms with van der Waals surface area (Å²) < 4.78 is 5.50.